The van der Waals surface area contributed by atoms with Gasteiger partial charge in [0.1, 0.15) is 0 Å². The van der Waals surface area contributed by atoms with Gasteiger partial charge in [0.05, 0.1) is 0 Å². The van der Waals surface area contributed by atoms with Gasteiger partial charge in [-0.05, 0) is 145 Å². The van der Waals surface area contributed by atoms with Gasteiger partial charge < -0.3 is 5.32 Å². The lowest BCUT2D eigenvalue weighted by Gasteiger charge is -2.40. The van der Waals surface area contributed by atoms with E-state index in [1.807, 2.05) is 0 Å². The zero-order valence-corrected chi connectivity index (χ0v) is 32.2. The quantitative estimate of drug-likeness (QED) is 0.207. The summed E-state index contributed by atoms with van der Waals surface area (Å²) in [5, 5.41) is 4.42. The Kier molecular flexibility index (Phi) is 12.2. The van der Waals surface area contributed by atoms with Gasteiger partial charge in [-0.3, -0.25) is 4.90 Å². The molecular weight excluding hydrogens is 660 g/mol. The van der Waals surface area contributed by atoms with Crippen LogP contribution in [0.25, 0.3) is 0 Å². The molecule has 2 nitrogen and oxygen atoms in total. The number of likely N-dealkylation sites (tertiary alicyclic amines) is 1. The first-order chi connectivity index (χ1) is 23.8. The van der Waals surface area contributed by atoms with E-state index in [1.54, 1.807) is 22.3 Å². The van der Waals surface area contributed by atoms with Gasteiger partial charge in [0, 0.05) is 11.9 Å². The van der Waals surface area contributed by atoms with Gasteiger partial charge in [0.2, 0.25) is 0 Å². The van der Waals surface area contributed by atoms with Crippen LogP contribution >= 0.6 is 15.9 Å². The summed E-state index contributed by atoms with van der Waals surface area (Å²) in [6.45, 7) is 14.9. The summed E-state index contributed by atoms with van der Waals surface area (Å²) in [7, 11) is 0. The second kappa shape index (κ2) is 16.5. The van der Waals surface area contributed by atoms with Crippen molar-refractivity contribution in [1.82, 2.24) is 10.2 Å². The molecule has 4 aromatic rings. The van der Waals surface area contributed by atoms with E-state index in [4.69, 9.17) is 0 Å². The molecule has 260 valence electrons. The average Bonchev–Trinajstić information content (AvgIpc) is 3.68. The van der Waals surface area contributed by atoms with Crippen LogP contribution in [0.5, 0.6) is 0 Å². The van der Waals surface area contributed by atoms with Gasteiger partial charge in [-0.25, -0.2) is 0 Å². The Hall–Kier alpha value is -2.72. The van der Waals surface area contributed by atoms with Crippen molar-refractivity contribution < 1.29 is 0 Å². The van der Waals surface area contributed by atoms with Gasteiger partial charge in [-0.1, -0.05) is 141 Å². The predicted molar refractivity (Wildman–Crippen MR) is 213 cm³/mol. The fourth-order valence-electron chi connectivity index (χ4n) is 8.87. The van der Waals surface area contributed by atoms with Crippen molar-refractivity contribution in [2.24, 2.45) is 0 Å². The highest BCUT2D eigenvalue weighted by Gasteiger charge is 2.41. The van der Waals surface area contributed by atoms with Crippen LogP contribution in [0, 0.1) is 0 Å². The Bertz CT molecular complexity index is 1600. The Morgan fingerprint density at radius 1 is 0.571 bits per heavy atom. The van der Waals surface area contributed by atoms with Crippen molar-refractivity contribution in [3.63, 3.8) is 0 Å². The van der Waals surface area contributed by atoms with E-state index in [0.29, 0.717) is 22.7 Å². The molecule has 8 rings (SSSR count). The molecule has 0 saturated carbocycles. The lowest BCUT2D eigenvalue weighted by atomic mass is 9.74. The molecular formula is C46H59BrN2. The average molecular weight is 720 g/mol. The summed E-state index contributed by atoms with van der Waals surface area (Å²) in [4.78, 5) is 2.65. The Morgan fingerprint density at radius 2 is 1.02 bits per heavy atom. The van der Waals surface area contributed by atoms with Gasteiger partial charge in [0.15, 0.2) is 0 Å². The van der Waals surface area contributed by atoms with Crippen LogP contribution in [0.15, 0.2) is 97.1 Å². The molecule has 0 amide bonds. The van der Waals surface area contributed by atoms with Crippen molar-refractivity contribution in [2.75, 3.05) is 26.2 Å². The van der Waals surface area contributed by atoms with Crippen molar-refractivity contribution in [2.45, 2.75) is 114 Å². The number of benzene rings is 4. The molecule has 2 spiro atoms. The number of hydrogen-bond donors (Lipinski definition) is 1. The molecule has 0 bridgehead atoms. The van der Waals surface area contributed by atoms with E-state index < -0.39 is 0 Å². The fourth-order valence-corrected chi connectivity index (χ4v) is 9.24. The van der Waals surface area contributed by atoms with Gasteiger partial charge in [-0.2, -0.15) is 0 Å². The van der Waals surface area contributed by atoms with Crippen LogP contribution < -0.4 is 5.32 Å². The number of aryl methyl sites for hydroxylation is 2. The third-order valence-corrected chi connectivity index (χ3v) is 12.8. The Labute approximate surface area is 306 Å². The minimum Gasteiger partial charge on any atom is -0.317 e. The molecule has 2 heterocycles. The van der Waals surface area contributed by atoms with Crippen molar-refractivity contribution in [3.8, 4) is 0 Å². The Balaban J connectivity index is 0.000000141. The summed E-state index contributed by atoms with van der Waals surface area (Å²) in [5.74, 6) is 1.26. The highest BCUT2D eigenvalue weighted by molar-refractivity contribution is 9.08. The first kappa shape index (κ1) is 36.1. The smallest absolute Gasteiger partial charge is 0.0283 e. The van der Waals surface area contributed by atoms with Crippen LogP contribution in [0.1, 0.15) is 123 Å². The first-order valence-electron chi connectivity index (χ1n) is 19.1. The Morgan fingerprint density at radius 3 is 1.49 bits per heavy atom. The molecule has 2 fully saturated rings. The molecule has 0 aromatic heterocycles. The number of alkyl halides is 1. The highest BCUT2D eigenvalue weighted by Crippen LogP contribution is 2.46. The number of halogens is 1. The summed E-state index contributed by atoms with van der Waals surface area (Å²) >= 11 is 3.42. The monoisotopic (exact) mass is 718 g/mol. The molecule has 0 radical (unpaired) electrons. The van der Waals surface area contributed by atoms with Gasteiger partial charge in [-0.15, -0.1) is 0 Å². The molecule has 0 atom stereocenters. The van der Waals surface area contributed by atoms with E-state index in [2.05, 4.69) is 151 Å². The van der Waals surface area contributed by atoms with Crippen LogP contribution in [0.3, 0.4) is 0 Å². The molecule has 1 N–H and O–H groups in total. The zero-order chi connectivity index (χ0) is 34.3. The van der Waals surface area contributed by atoms with Crippen LogP contribution in [-0.4, -0.2) is 31.1 Å². The van der Waals surface area contributed by atoms with Gasteiger partial charge >= 0.3 is 0 Å². The van der Waals surface area contributed by atoms with Crippen LogP contribution in [0.2, 0.25) is 0 Å². The predicted octanol–water partition coefficient (Wildman–Crippen LogP) is 11.2. The largest absolute Gasteiger partial charge is 0.317 e. The maximum Gasteiger partial charge on any atom is 0.0283 e. The molecule has 2 aliphatic carbocycles. The van der Waals surface area contributed by atoms with Crippen molar-refractivity contribution in [3.05, 3.63) is 142 Å². The number of hydrogen-bond acceptors (Lipinski definition) is 2. The summed E-state index contributed by atoms with van der Waals surface area (Å²) in [5.41, 5.74) is 13.2. The number of rotatable bonds is 5. The zero-order valence-electron chi connectivity index (χ0n) is 30.6. The third kappa shape index (κ3) is 8.61. The number of piperidine rings is 2. The summed E-state index contributed by atoms with van der Waals surface area (Å²) in [6.07, 6.45) is 10.7. The first-order valence-corrected chi connectivity index (χ1v) is 20.3. The van der Waals surface area contributed by atoms with E-state index in [0.717, 1.165) is 11.9 Å². The second-order valence-corrected chi connectivity index (χ2v) is 16.4. The standard InChI is InChI=1S/C23H29N.C13H17N.C10H13Br/c1-18(2)20-9-7-19(8-10-20)17-24-15-13-23(14-16-24)12-11-21-5-3-4-6-22(21)23;1-2-4-12-11(3-1)5-6-13(12)7-9-14-10-8-13;1-8(2)10-5-3-9(7-11)4-6-10/h3-10,18H,11-17H2,1-2H3;1-4,14H,5-10H2;3-6,8H,7H2,1-2H3. The van der Waals surface area contributed by atoms with E-state index in [1.165, 1.54) is 99.8 Å². The molecule has 0 unspecified atom stereocenters. The van der Waals surface area contributed by atoms with E-state index >= 15 is 0 Å². The van der Waals surface area contributed by atoms with Crippen LogP contribution in [0.4, 0.5) is 0 Å². The number of nitrogens with one attached hydrogen (secondary N) is 1. The van der Waals surface area contributed by atoms with Crippen LogP contribution in [-0.2, 0) is 35.5 Å². The summed E-state index contributed by atoms with van der Waals surface area (Å²) in [6, 6.07) is 36.2. The third-order valence-electron chi connectivity index (χ3n) is 12.2. The lowest BCUT2D eigenvalue weighted by molar-refractivity contribution is 0.152. The highest BCUT2D eigenvalue weighted by atomic mass is 79.9. The maximum atomic E-state index is 3.47. The topological polar surface area (TPSA) is 15.3 Å². The maximum absolute atomic E-state index is 3.47. The lowest BCUT2D eigenvalue weighted by Crippen LogP contribution is -2.41. The normalized spacial score (nSPS) is 18.8. The molecule has 3 heteroatoms. The van der Waals surface area contributed by atoms with Gasteiger partial charge in [0.25, 0.3) is 0 Å². The molecule has 2 aliphatic heterocycles. The minimum absolute atomic E-state index is 0.481. The molecule has 4 aliphatic rings. The van der Waals surface area contributed by atoms with E-state index in [-0.39, 0.29) is 0 Å². The molecule has 2 saturated heterocycles. The van der Waals surface area contributed by atoms with E-state index in [9.17, 15) is 0 Å². The fraction of sp³-hybridized carbons (Fsp3) is 0.478. The number of nitrogens with zero attached hydrogens (tertiary/aromatic N) is 1. The molecule has 4 aromatic carbocycles. The SMILES string of the molecule is CC(C)c1ccc(CBr)cc1.CC(C)c1ccc(CN2CCC3(CCc4ccccc43)CC2)cc1.c1ccc2c(c1)CCC21CCNCC1. The van der Waals surface area contributed by atoms with Crippen molar-refractivity contribution in [1.29, 1.82) is 0 Å². The van der Waals surface area contributed by atoms with Crippen molar-refractivity contribution >= 4 is 15.9 Å². The number of fused-ring (bicyclic) bond motifs is 4. The molecule has 49 heavy (non-hydrogen) atoms. The summed E-state index contributed by atoms with van der Waals surface area (Å²) < 4.78 is 0. The minimum atomic E-state index is 0.481. The second-order valence-electron chi connectivity index (χ2n) is 15.8.